The molecule has 0 atom stereocenters. The first-order valence-electron chi connectivity index (χ1n) is 6.91. The van der Waals surface area contributed by atoms with Gasteiger partial charge in [0.25, 0.3) is 5.91 Å². The van der Waals surface area contributed by atoms with Gasteiger partial charge in [-0.1, -0.05) is 24.3 Å². The molecular weight excluding hydrogens is 269 g/mol. The average molecular weight is 285 g/mol. The number of fused-ring (bicyclic) bond motifs is 1. The van der Waals surface area contributed by atoms with Gasteiger partial charge in [0.05, 0.1) is 12.1 Å². The summed E-state index contributed by atoms with van der Waals surface area (Å²) >= 11 is 0. The number of nitrogens with zero attached hydrogens (tertiary/aromatic N) is 1. The molecular formula is C17H16FNO2. The number of aryl methyl sites for hydroxylation is 1. The minimum atomic E-state index is -0.474. The molecule has 0 spiro atoms. The molecule has 0 N–H and O–H groups in total. The fourth-order valence-corrected chi connectivity index (χ4v) is 2.46. The fourth-order valence-electron chi connectivity index (χ4n) is 2.46. The number of hydrogen-bond donors (Lipinski definition) is 0. The van der Waals surface area contributed by atoms with Crippen LogP contribution in [-0.2, 0) is 6.54 Å². The number of para-hydroxylation sites is 1. The highest BCUT2D eigenvalue weighted by Crippen LogP contribution is 2.24. The average Bonchev–Trinajstić information content (AvgIpc) is 2.68. The number of halogens is 1. The summed E-state index contributed by atoms with van der Waals surface area (Å²) in [7, 11) is 0. The molecule has 0 saturated carbocycles. The minimum Gasteiger partial charge on any atom is -0.491 e. The zero-order valence-electron chi connectivity index (χ0n) is 11.8. The Bertz CT molecular complexity index is 684. The summed E-state index contributed by atoms with van der Waals surface area (Å²) in [6.07, 6.45) is 0. The van der Waals surface area contributed by atoms with Crippen molar-refractivity contribution in [2.45, 2.75) is 13.5 Å². The van der Waals surface area contributed by atoms with Gasteiger partial charge in [0.1, 0.15) is 18.2 Å². The molecule has 3 rings (SSSR count). The van der Waals surface area contributed by atoms with Gasteiger partial charge in [-0.25, -0.2) is 4.39 Å². The first-order chi connectivity index (χ1) is 10.1. The molecule has 0 unspecified atom stereocenters. The first kappa shape index (κ1) is 13.6. The molecule has 0 aromatic heterocycles. The summed E-state index contributed by atoms with van der Waals surface area (Å²) in [5.41, 5.74) is 1.85. The Labute approximate surface area is 123 Å². The molecule has 4 heteroatoms. The highest BCUT2D eigenvalue weighted by Gasteiger charge is 2.22. The lowest BCUT2D eigenvalue weighted by Crippen LogP contribution is -2.33. The van der Waals surface area contributed by atoms with Gasteiger partial charge in [-0.3, -0.25) is 4.79 Å². The SMILES string of the molecule is Cc1ccc(C(=O)N2CCOc3ccccc3C2)c(F)c1. The number of benzene rings is 2. The van der Waals surface area contributed by atoms with Crippen LogP contribution in [0.5, 0.6) is 5.75 Å². The van der Waals surface area contributed by atoms with Gasteiger partial charge in [0, 0.05) is 12.1 Å². The molecule has 0 fully saturated rings. The maximum atomic E-state index is 14.0. The molecule has 0 saturated heterocycles. The van der Waals surface area contributed by atoms with Gasteiger partial charge < -0.3 is 9.64 Å². The lowest BCUT2D eigenvalue weighted by molar-refractivity contribution is 0.0728. The van der Waals surface area contributed by atoms with E-state index < -0.39 is 5.82 Å². The highest BCUT2D eigenvalue weighted by molar-refractivity contribution is 5.94. The van der Waals surface area contributed by atoms with Crippen LogP contribution in [0.3, 0.4) is 0 Å². The maximum absolute atomic E-state index is 14.0. The topological polar surface area (TPSA) is 29.5 Å². The van der Waals surface area contributed by atoms with E-state index in [4.69, 9.17) is 4.74 Å². The predicted octanol–water partition coefficient (Wildman–Crippen LogP) is 3.17. The van der Waals surface area contributed by atoms with Crippen molar-refractivity contribution in [2.75, 3.05) is 13.2 Å². The van der Waals surface area contributed by atoms with Crippen LogP contribution in [0.2, 0.25) is 0 Å². The van der Waals surface area contributed by atoms with Crippen LogP contribution in [0.1, 0.15) is 21.5 Å². The summed E-state index contributed by atoms with van der Waals surface area (Å²) in [6.45, 7) is 3.09. The normalized spacial score (nSPS) is 14.1. The van der Waals surface area contributed by atoms with Gasteiger partial charge in [0.2, 0.25) is 0 Å². The van der Waals surface area contributed by atoms with Crippen LogP contribution in [0, 0.1) is 12.7 Å². The standard InChI is InChI=1S/C17H16FNO2/c1-12-6-7-14(15(18)10-12)17(20)19-8-9-21-16-5-3-2-4-13(16)11-19/h2-7,10H,8-9,11H2,1H3. The Morgan fingerprint density at radius 3 is 2.86 bits per heavy atom. The van der Waals surface area contributed by atoms with Crippen LogP contribution in [0.15, 0.2) is 42.5 Å². The predicted molar refractivity (Wildman–Crippen MR) is 77.8 cm³/mol. The van der Waals surface area contributed by atoms with Crippen molar-refractivity contribution in [3.8, 4) is 5.75 Å². The van der Waals surface area contributed by atoms with Crippen molar-refractivity contribution >= 4 is 5.91 Å². The third-order valence-electron chi connectivity index (χ3n) is 3.59. The van der Waals surface area contributed by atoms with Crippen LogP contribution < -0.4 is 4.74 Å². The minimum absolute atomic E-state index is 0.111. The number of amides is 1. The van der Waals surface area contributed by atoms with E-state index in [2.05, 4.69) is 0 Å². The number of ether oxygens (including phenoxy) is 1. The van der Waals surface area contributed by atoms with E-state index in [9.17, 15) is 9.18 Å². The van der Waals surface area contributed by atoms with E-state index in [-0.39, 0.29) is 11.5 Å². The summed E-state index contributed by atoms with van der Waals surface area (Å²) in [6, 6.07) is 12.3. The number of hydrogen-bond acceptors (Lipinski definition) is 2. The fraction of sp³-hybridized carbons (Fsp3) is 0.235. The Kier molecular flexibility index (Phi) is 3.60. The van der Waals surface area contributed by atoms with Crippen molar-refractivity contribution in [1.29, 1.82) is 0 Å². The van der Waals surface area contributed by atoms with Gasteiger partial charge in [-0.05, 0) is 30.7 Å². The molecule has 0 bridgehead atoms. The monoisotopic (exact) mass is 285 g/mol. The highest BCUT2D eigenvalue weighted by atomic mass is 19.1. The molecule has 1 aliphatic rings. The van der Waals surface area contributed by atoms with E-state index in [0.717, 1.165) is 16.9 Å². The molecule has 2 aromatic rings. The van der Waals surface area contributed by atoms with Crippen molar-refractivity contribution in [3.05, 3.63) is 65.0 Å². The number of carbonyl (C=O) groups excluding carboxylic acids is 1. The Morgan fingerprint density at radius 1 is 1.24 bits per heavy atom. The number of carbonyl (C=O) groups is 1. The maximum Gasteiger partial charge on any atom is 0.257 e. The van der Waals surface area contributed by atoms with E-state index in [1.807, 2.05) is 24.3 Å². The van der Waals surface area contributed by atoms with Gasteiger partial charge in [0.15, 0.2) is 0 Å². The molecule has 0 radical (unpaired) electrons. The zero-order chi connectivity index (χ0) is 14.8. The van der Waals surface area contributed by atoms with Gasteiger partial charge in [-0.2, -0.15) is 0 Å². The second-order valence-electron chi connectivity index (χ2n) is 5.17. The molecule has 1 amide bonds. The molecule has 1 heterocycles. The van der Waals surface area contributed by atoms with Crippen molar-refractivity contribution in [1.82, 2.24) is 4.90 Å². The second-order valence-corrected chi connectivity index (χ2v) is 5.17. The molecule has 1 aliphatic heterocycles. The van der Waals surface area contributed by atoms with E-state index in [0.29, 0.717) is 19.7 Å². The van der Waals surface area contributed by atoms with E-state index >= 15 is 0 Å². The van der Waals surface area contributed by atoms with Crippen LogP contribution in [-0.4, -0.2) is 24.0 Å². The second kappa shape index (κ2) is 5.56. The Balaban J connectivity index is 1.88. The van der Waals surface area contributed by atoms with Crippen molar-refractivity contribution in [3.63, 3.8) is 0 Å². The molecule has 21 heavy (non-hydrogen) atoms. The van der Waals surface area contributed by atoms with E-state index in [1.54, 1.807) is 24.0 Å². The lowest BCUT2D eigenvalue weighted by Gasteiger charge is -2.20. The number of rotatable bonds is 1. The van der Waals surface area contributed by atoms with Crippen molar-refractivity contribution in [2.24, 2.45) is 0 Å². The third kappa shape index (κ3) is 2.75. The smallest absolute Gasteiger partial charge is 0.257 e. The lowest BCUT2D eigenvalue weighted by atomic mass is 10.1. The molecule has 0 aliphatic carbocycles. The van der Waals surface area contributed by atoms with Crippen LogP contribution >= 0.6 is 0 Å². The third-order valence-corrected chi connectivity index (χ3v) is 3.59. The molecule has 108 valence electrons. The molecule has 3 nitrogen and oxygen atoms in total. The Hall–Kier alpha value is -2.36. The van der Waals surface area contributed by atoms with E-state index in [1.165, 1.54) is 6.07 Å². The molecule has 2 aromatic carbocycles. The summed E-state index contributed by atoms with van der Waals surface area (Å²) in [5, 5.41) is 0. The summed E-state index contributed by atoms with van der Waals surface area (Å²) in [4.78, 5) is 14.1. The van der Waals surface area contributed by atoms with Crippen LogP contribution in [0.25, 0.3) is 0 Å². The quantitative estimate of drug-likeness (QED) is 0.805. The summed E-state index contributed by atoms with van der Waals surface area (Å²) in [5.74, 6) is 0.0171. The Morgan fingerprint density at radius 2 is 2.05 bits per heavy atom. The summed E-state index contributed by atoms with van der Waals surface area (Å²) < 4.78 is 19.6. The first-order valence-corrected chi connectivity index (χ1v) is 6.91. The van der Waals surface area contributed by atoms with Crippen molar-refractivity contribution < 1.29 is 13.9 Å². The largest absolute Gasteiger partial charge is 0.491 e. The zero-order valence-corrected chi connectivity index (χ0v) is 11.8. The van der Waals surface area contributed by atoms with Gasteiger partial charge >= 0.3 is 0 Å². The van der Waals surface area contributed by atoms with Crippen LogP contribution in [0.4, 0.5) is 4.39 Å². The van der Waals surface area contributed by atoms with Gasteiger partial charge in [-0.15, -0.1) is 0 Å².